The standard InChI is InChI=1S/C16H26N2O6/c1-5-13(20)17-10-14(21)23-11(2)24-15(22)18(4)16(3)9-7-6-8-12(16)19/h11H,5-10H2,1-4H3,(H,17,20)/t11?,16-/m1/s1. The van der Waals surface area contributed by atoms with Crippen LogP contribution in [-0.4, -0.2) is 54.1 Å². The lowest BCUT2D eigenvalue weighted by Crippen LogP contribution is -2.55. The van der Waals surface area contributed by atoms with E-state index in [4.69, 9.17) is 9.47 Å². The molecule has 0 bridgehead atoms. The first-order valence-corrected chi connectivity index (χ1v) is 8.14. The van der Waals surface area contributed by atoms with Crippen molar-refractivity contribution in [2.75, 3.05) is 13.6 Å². The second kappa shape index (κ2) is 8.65. The molecule has 1 saturated carbocycles. The summed E-state index contributed by atoms with van der Waals surface area (Å²) in [6.45, 7) is 4.48. The van der Waals surface area contributed by atoms with Crippen molar-refractivity contribution in [3.05, 3.63) is 0 Å². The van der Waals surface area contributed by atoms with Crippen LogP contribution in [0.5, 0.6) is 0 Å². The van der Waals surface area contributed by atoms with Gasteiger partial charge in [0.15, 0.2) is 5.78 Å². The molecule has 1 N–H and O–H groups in total. The van der Waals surface area contributed by atoms with Crippen molar-refractivity contribution >= 4 is 23.8 Å². The van der Waals surface area contributed by atoms with E-state index in [2.05, 4.69) is 5.32 Å². The zero-order valence-corrected chi connectivity index (χ0v) is 14.7. The number of nitrogens with zero attached hydrogens (tertiary/aromatic N) is 1. The smallest absolute Gasteiger partial charge is 0.413 e. The van der Waals surface area contributed by atoms with Gasteiger partial charge >= 0.3 is 12.1 Å². The zero-order valence-electron chi connectivity index (χ0n) is 14.7. The highest BCUT2D eigenvalue weighted by atomic mass is 16.7. The number of likely N-dealkylation sites (N-methyl/N-ethyl adjacent to an activating group) is 1. The average molecular weight is 342 g/mol. The van der Waals surface area contributed by atoms with Gasteiger partial charge in [-0.1, -0.05) is 13.3 Å². The minimum atomic E-state index is -1.12. The molecule has 0 aromatic heterocycles. The number of ketones is 1. The number of carbonyl (C=O) groups excluding carboxylic acids is 4. The zero-order chi connectivity index (χ0) is 18.3. The molecule has 8 nitrogen and oxygen atoms in total. The van der Waals surface area contributed by atoms with E-state index in [1.807, 2.05) is 0 Å². The number of ether oxygens (including phenoxy) is 2. The van der Waals surface area contributed by atoms with Crippen LogP contribution in [0.3, 0.4) is 0 Å². The van der Waals surface area contributed by atoms with E-state index in [1.54, 1.807) is 13.8 Å². The molecule has 24 heavy (non-hydrogen) atoms. The number of amides is 2. The maximum absolute atomic E-state index is 12.2. The Hall–Kier alpha value is -2.12. The quantitative estimate of drug-likeness (QED) is 0.578. The average Bonchev–Trinajstić information content (AvgIpc) is 2.54. The van der Waals surface area contributed by atoms with Gasteiger partial charge in [0.2, 0.25) is 12.2 Å². The third-order valence-electron chi connectivity index (χ3n) is 4.25. The van der Waals surface area contributed by atoms with Gasteiger partial charge in [0.05, 0.1) is 0 Å². The lowest BCUT2D eigenvalue weighted by atomic mass is 9.81. The molecule has 2 amide bonds. The number of esters is 1. The van der Waals surface area contributed by atoms with E-state index in [0.29, 0.717) is 12.8 Å². The summed E-state index contributed by atoms with van der Waals surface area (Å²) >= 11 is 0. The SMILES string of the molecule is CCC(=O)NCC(=O)OC(C)OC(=O)N(C)[C@]1(C)CCCCC1=O. The van der Waals surface area contributed by atoms with Crippen molar-refractivity contribution in [3.63, 3.8) is 0 Å². The largest absolute Gasteiger partial charge is 0.424 e. The Morgan fingerprint density at radius 1 is 1.29 bits per heavy atom. The molecule has 1 aliphatic carbocycles. The first kappa shape index (κ1) is 19.9. The Morgan fingerprint density at radius 2 is 1.96 bits per heavy atom. The fourth-order valence-corrected chi connectivity index (χ4v) is 2.49. The molecular weight excluding hydrogens is 316 g/mol. The van der Waals surface area contributed by atoms with E-state index >= 15 is 0 Å². The van der Waals surface area contributed by atoms with Crippen molar-refractivity contribution in [1.82, 2.24) is 10.2 Å². The maximum atomic E-state index is 12.2. The Bertz CT molecular complexity index is 507. The molecule has 0 saturated heterocycles. The molecule has 2 atom stereocenters. The molecule has 8 heteroatoms. The van der Waals surface area contributed by atoms with Crippen LogP contribution in [0.15, 0.2) is 0 Å². The van der Waals surface area contributed by atoms with Crippen LogP contribution in [0.1, 0.15) is 52.9 Å². The summed E-state index contributed by atoms with van der Waals surface area (Å²) in [5.41, 5.74) is -0.895. The Labute approximate surface area is 141 Å². The van der Waals surface area contributed by atoms with Crippen LogP contribution in [0.2, 0.25) is 0 Å². The van der Waals surface area contributed by atoms with Gasteiger partial charge in [-0.2, -0.15) is 0 Å². The summed E-state index contributed by atoms with van der Waals surface area (Å²) in [5.74, 6) is -0.986. The minimum Gasteiger partial charge on any atom is -0.424 e. The second-order valence-electron chi connectivity index (χ2n) is 6.03. The highest BCUT2D eigenvalue weighted by molar-refractivity contribution is 5.91. The van der Waals surface area contributed by atoms with Gasteiger partial charge in [0.25, 0.3) is 0 Å². The predicted octanol–water partition coefficient (Wildman–Crippen LogP) is 1.37. The maximum Gasteiger partial charge on any atom is 0.413 e. The summed E-state index contributed by atoms with van der Waals surface area (Å²) in [5, 5.41) is 2.37. The lowest BCUT2D eigenvalue weighted by molar-refractivity contribution is -0.166. The molecule has 1 rings (SSSR count). The highest BCUT2D eigenvalue weighted by Gasteiger charge is 2.42. The van der Waals surface area contributed by atoms with Crippen molar-refractivity contribution in [2.24, 2.45) is 0 Å². The van der Waals surface area contributed by atoms with Crippen LogP contribution >= 0.6 is 0 Å². The molecule has 1 fully saturated rings. The highest BCUT2D eigenvalue weighted by Crippen LogP contribution is 2.30. The Balaban J connectivity index is 2.49. The van der Waals surface area contributed by atoms with E-state index in [0.717, 1.165) is 12.8 Å². The number of rotatable bonds is 6. The molecular formula is C16H26N2O6. The van der Waals surface area contributed by atoms with Gasteiger partial charge in [-0.25, -0.2) is 4.79 Å². The summed E-state index contributed by atoms with van der Waals surface area (Å²) in [4.78, 5) is 48.2. The van der Waals surface area contributed by atoms with E-state index in [-0.39, 0.29) is 24.7 Å². The lowest BCUT2D eigenvalue weighted by Gasteiger charge is -2.39. The fourth-order valence-electron chi connectivity index (χ4n) is 2.49. The Morgan fingerprint density at radius 3 is 2.54 bits per heavy atom. The summed E-state index contributed by atoms with van der Waals surface area (Å²) in [7, 11) is 1.50. The van der Waals surface area contributed by atoms with Crippen LogP contribution < -0.4 is 5.32 Å². The molecule has 1 aliphatic rings. The number of carbonyl (C=O) groups is 4. The number of nitrogens with one attached hydrogen (secondary N) is 1. The third kappa shape index (κ3) is 5.21. The molecule has 0 aromatic carbocycles. The third-order valence-corrected chi connectivity index (χ3v) is 4.25. The fraction of sp³-hybridized carbons (Fsp3) is 0.750. The summed E-state index contributed by atoms with van der Waals surface area (Å²) in [6, 6.07) is 0. The van der Waals surface area contributed by atoms with Gasteiger partial charge in [-0.3, -0.25) is 19.3 Å². The first-order chi connectivity index (χ1) is 11.2. The van der Waals surface area contributed by atoms with Crippen molar-refractivity contribution in [3.8, 4) is 0 Å². The molecule has 0 aliphatic heterocycles. The van der Waals surface area contributed by atoms with Gasteiger partial charge < -0.3 is 14.8 Å². The van der Waals surface area contributed by atoms with Crippen molar-refractivity contribution < 1.29 is 28.7 Å². The van der Waals surface area contributed by atoms with Crippen molar-refractivity contribution in [2.45, 2.75) is 64.7 Å². The molecule has 136 valence electrons. The molecule has 0 heterocycles. The first-order valence-electron chi connectivity index (χ1n) is 8.14. The van der Waals surface area contributed by atoms with Crippen LogP contribution in [0, 0.1) is 0 Å². The predicted molar refractivity (Wildman–Crippen MR) is 85.0 cm³/mol. The molecule has 1 unspecified atom stereocenters. The van der Waals surface area contributed by atoms with Crippen LogP contribution in [0.4, 0.5) is 4.79 Å². The number of hydrogen-bond acceptors (Lipinski definition) is 6. The van der Waals surface area contributed by atoms with Gasteiger partial charge in [0, 0.05) is 26.8 Å². The molecule has 0 spiro atoms. The minimum absolute atomic E-state index is 0.000117. The van der Waals surface area contributed by atoms with Gasteiger partial charge in [-0.05, 0) is 19.8 Å². The summed E-state index contributed by atoms with van der Waals surface area (Å²) < 4.78 is 9.97. The van der Waals surface area contributed by atoms with E-state index in [9.17, 15) is 19.2 Å². The monoisotopic (exact) mass is 342 g/mol. The van der Waals surface area contributed by atoms with E-state index in [1.165, 1.54) is 18.9 Å². The van der Waals surface area contributed by atoms with E-state index < -0.39 is 23.9 Å². The van der Waals surface area contributed by atoms with Crippen LogP contribution in [0.25, 0.3) is 0 Å². The van der Waals surface area contributed by atoms with Crippen LogP contribution in [-0.2, 0) is 23.9 Å². The number of hydrogen-bond donors (Lipinski definition) is 1. The van der Waals surface area contributed by atoms with Gasteiger partial charge in [-0.15, -0.1) is 0 Å². The molecule has 0 radical (unpaired) electrons. The van der Waals surface area contributed by atoms with Crippen molar-refractivity contribution in [1.29, 1.82) is 0 Å². The molecule has 0 aromatic rings. The summed E-state index contributed by atoms with van der Waals surface area (Å²) in [6.07, 6.45) is 1.12. The van der Waals surface area contributed by atoms with Gasteiger partial charge in [0.1, 0.15) is 12.1 Å². The topological polar surface area (TPSA) is 102 Å². The normalized spacial score (nSPS) is 21.6. The Kier molecular flexibility index (Phi) is 7.18. The number of Topliss-reactive ketones (excluding diaryl/α,β-unsaturated/α-hetero) is 1. The second-order valence-corrected chi connectivity index (χ2v) is 6.03.